The second-order valence-corrected chi connectivity index (χ2v) is 8.90. The van der Waals surface area contributed by atoms with Gasteiger partial charge < -0.3 is 30.7 Å². The van der Waals surface area contributed by atoms with Gasteiger partial charge in [0.2, 0.25) is 0 Å². The standard InChI is InChI=1S/2C9H18N2O2.2ClH/c2*1-6-7(5-10-6)11-8(12)13-9(2,3)4;;/h2*6-7,10H,5H2,1-4H3,(H,11,12);2*1H/t2*6-,7+;;/m10../s1. The number of carbonyl (C=O) groups is 2. The minimum atomic E-state index is -0.412. The Morgan fingerprint density at radius 2 is 1.04 bits per heavy atom. The number of hydrogen-bond donors (Lipinski definition) is 4. The monoisotopic (exact) mass is 444 g/mol. The van der Waals surface area contributed by atoms with Gasteiger partial charge in [-0.2, -0.15) is 0 Å². The lowest BCUT2D eigenvalue weighted by Crippen LogP contribution is -2.63. The zero-order valence-electron chi connectivity index (χ0n) is 18.2. The Morgan fingerprint density at radius 3 is 1.18 bits per heavy atom. The molecule has 0 aromatic rings. The van der Waals surface area contributed by atoms with Gasteiger partial charge in [0.05, 0.1) is 12.1 Å². The average molecular weight is 445 g/mol. The van der Waals surface area contributed by atoms with Crippen LogP contribution in [0.5, 0.6) is 0 Å². The van der Waals surface area contributed by atoms with E-state index in [1.807, 2.05) is 55.4 Å². The van der Waals surface area contributed by atoms with Crippen molar-refractivity contribution in [3.63, 3.8) is 0 Å². The van der Waals surface area contributed by atoms with E-state index < -0.39 is 11.2 Å². The Labute approximate surface area is 181 Å². The third-order valence-corrected chi connectivity index (χ3v) is 3.93. The smallest absolute Gasteiger partial charge is 0.407 e. The van der Waals surface area contributed by atoms with E-state index in [1.54, 1.807) is 0 Å². The van der Waals surface area contributed by atoms with Gasteiger partial charge in [-0.05, 0) is 55.4 Å². The summed E-state index contributed by atoms with van der Waals surface area (Å²) in [5.74, 6) is 0. The van der Waals surface area contributed by atoms with Crippen molar-refractivity contribution in [3.8, 4) is 0 Å². The van der Waals surface area contributed by atoms with Crippen molar-refractivity contribution < 1.29 is 19.1 Å². The minimum absolute atomic E-state index is 0. The van der Waals surface area contributed by atoms with Crippen LogP contribution in [0.2, 0.25) is 0 Å². The normalized spacial score (nSPS) is 25.7. The third-order valence-electron chi connectivity index (χ3n) is 3.93. The van der Waals surface area contributed by atoms with E-state index in [1.165, 1.54) is 0 Å². The first-order chi connectivity index (χ1) is 11.8. The van der Waals surface area contributed by atoms with Gasteiger partial charge in [-0.1, -0.05) is 0 Å². The lowest BCUT2D eigenvalue weighted by Gasteiger charge is -2.36. The molecule has 28 heavy (non-hydrogen) atoms. The van der Waals surface area contributed by atoms with Gasteiger partial charge in [0.1, 0.15) is 11.2 Å². The summed E-state index contributed by atoms with van der Waals surface area (Å²) in [6, 6.07) is 1.14. The van der Waals surface area contributed by atoms with Crippen molar-refractivity contribution in [1.82, 2.24) is 21.3 Å². The summed E-state index contributed by atoms with van der Waals surface area (Å²) in [6.45, 7) is 16.9. The molecule has 0 bridgehead atoms. The van der Waals surface area contributed by atoms with Gasteiger partial charge in [-0.25, -0.2) is 9.59 Å². The van der Waals surface area contributed by atoms with Gasteiger partial charge in [0, 0.05) is 25.2 Å². The molecule has 4 atom stereocenters. The second-order valence-electron chi connectivity index (χ2n) is 8.90. The molecule has 8 nitrogen and oxygen atoms in total. The van der Waals surface area contributed by atoms with Gasteiger partial charge in [0.15, 0.2) is 0 Å². The molecule has 10 heteroatoms. The molecule has 2 aliphatic rings. The highest BCUT2D eigenvalue weighted by molar-refractivity contribution is 5.85. The molecule has 0 spiro atoms. The first-order valence-corrected chi connectivity index (χ1v) is 9.22. The van der Waals surface area contributed by atoms with E-state index in [0.29, 0.717) is 12.1 Å². The van der Waals surface area contributed by atoms with Crippen molar-refractivity contribution in [2.75, 3.05) is 13.1 Å². The maximum atomic E-state index is 11.2. The molecular formula is C18H38Cl2N4O4. The van der Waals surface area contributed by atoms with E-state index in [-0.39, 0.29) is 49.1 Å². The molecule has 0 aromatic carbocycles. The van der Waals surface area contributed by atoms with Crippen molar-refractivity contribution in [2.24, 2.45) is 0 Å². The van der Waals surface area contributed by atoms with E-state index in [9.17, 15) is 9.59 Å². The highest BCUT2D eigenvalue weighted by Crippen LogP contribution is 2.09. The average Bonchev–Trinajstić information content (AvgIpc) is 2.44. The number of ether oxygens (including phenoxy) is 2. The van der Waals surface area contributed by atoms with Crippen LogP contribution < -0.4 is 21.3 Å². The van der Waals surface area contributed by atoms with Crippen molar-refractivity contribution >= 4 is 37.0 Å². The SMILES string of the molecule is C[C@@H]1NC[C@H]1NC(=O)OC(C)(C)C.C[C@H]1NC[C@@H]1NC(=O)OC(C)(C)C.Cl.Cl. The summed E-state index contributed by atoms with van der Waals surface area (Å²) in [4.78, 5) is 22.5. The van der Waals surface area contributed by atoms with E-state index in [2.05, 4.69) is 21.3 Å². The van der Waals surface area contributed by atoms with Crippen LogP contribution in [0.3, 0.4) is 0 Å². The fourth-order valence-electron chi connectivity index (χ4n) is 2.21. The van der Waals surface area contributed by atoms with Gasteiger partial charge in [0.25, 0.3) is 0 Å². The zero-order valence-corrected chi connectivity index (χ0v) is 19.8. The first-order valence-electron chi connectivity index (χ1n) is 9.22. The maximum absolute atomic E-state index is 11.2. The molecule has 2 heterocycles. The fraction of sp³-hybridized carbons (Fsp3) is 0.889. The highest BCUT2D eigenvalue weighted by atomic mass is 35.5. The maximum Gasteiger partial charge on any atom is 0.407 e. The van der Waals surface area contributed by atoms with Crippen molar-refractivity contribution in [2.45, 2.75) is 90.8 Å². The van der Waals surface area contributed by atoms with Crippen LogP contribution in [0.1, 0.15) is 55.4 Å². The molecule has 168 valence electrons. The molecule has 2 saturated heterocycles. The minimum Gasteiger partial charge on any atom is -0.444 e. The number of hydrogen-bond acceptors (Lipinski definition) is 6. The summed E-state index contributed by atoms with van der Waals surface area (Å²) in [5, 5.41) is 11.9. The number of alkyl carbamates (subject to hydrolysis) is 2. The Kier molecular flexibility index (Phi) is 12.4. The van der Waals surface area contributed by atoms with Gasteiger partial charge in [-0.3, -0.25) is 0 Å². The van der Waals surface area contributed by atoms with E-state index >= 15 is 0 Å². The second kappa shape index (κ2) is 11.9. The molecule has 0 aromatic heterocycles. The Bertz CT molecular complexity index is 451. The molecule has 4 N–H and O–H groups in total. The summed E-state index contributed by atoms with van der Waals surface area (Å²) in [5.41, 5.74) is -0.824. The largest absolute Gasteiger partial charge is 0.444 e. The molecule has 0 aliphatic carbocycles. The number of rotatable bonds is 2. The molecular weight excluding hydrogens is 407 g/mol. The predicted octanol–water partition coefficient (Wildman–Crippen LogP) is 2.59. The topological polar surface area (TPSA) is 101 Å². The lowest BCUT2D eigenvalue weighted by molar-refractivity contribution is 0.0457. The Balaban J connectivity index is 0. The van der Waals surface area contributed by atoms with Crippen LogP contribution >= 0.6 is 24.8 Å². The Morgan fingerprint density at radius 1 is 0.750 bits per heavy atom. The Hall–Kier alpha value is -0.960. The molecule has 2 fully saturated rings. The highest BCUT2D eigenvalue weighted by Gasteiger charge is 2.30. The summed E-state index contributed by atoms with van der Waals surface area (Å²) in [6.07, 6.45) is -0.656. The fourth-order valence-corrected chi connectivity index (χ4v) is 2.21. The quantitative estimate of drug-likeness (QED) is 0.522. The third kappa shape index (κ3) is 11.8. The van der Waals surface area contributed by atoms with Crippen LogP contribution in [0.25, 0.3) is 0 Å². The van der Waals surface area contributed by atoms with Crippen LogP contribution in [-0.2, 0) is 9.47 Å². The van der Waals surface area contributed by atoms with Crippen LogP contribution in [0.4, 0.5) is 9.59 Å². The molecule has 0 unspecified atom stereocenters. The summed E-state index contributed by atoms with van der Waals surface area (Å²) >= 11 is 0. The van der Waals surface area contributed by atoms with E-state index in [4.69, 9.17) is 9.47 Å². The van der Waals surface area contributed by atoms with Crippen LogP contribution in [0, 0.1) is 0 Å². The number of halogens is 2. The van der Waals surface area contributed by atoms with Crippen molar-refractivity contribution in [1.29, 1.82) is 0 Å². The summed E-state index contributed by atoms with van der Waals surface area (Å²) < 4.78 is 10.2. The molecule has 2 rings (SSSR count). The number of nitrogens with one attached hydrogen (secondary N) is 4. The molecule has 0 radical (unpaired) electrons. The van der Waals surface area contributed by atoms with Gasteiger partial charge >= 0.3 is 12.2 Å². The predicted molar refractivity (Wildman–Crippen MR) is 116 cm³/mol. The molecule has 2 aliphatic heterocycles. The van der Waals surface area contributed by atoms with Crippen LogP contribution in [-0.4, -0.2) is 60.6 Å². The van der Waals surface area contributed by atoms with Crippen molar-refractivity contribution in [3.05, 3.63) is 0 Å². The first kappa shape index (κ1) is 29.2. The zero-order chi connectivity index (χ0) is 20.1. The van der Waals surface area contributed by atoms with Gasteiger partial charge in [-0.15, -0.1) is 24.8 Å². The summed E-state index contributed by atoms with van der Waals surface area (Å²) in [7, 11) is 0. The van der Waals surface area contributed by atoms with Crippen LogP contribution in [0.15, 0.2) is 0 Å². The number of carbonyl (C=O) groups excluding carboxylic acids is 2. The molecule has 0 saturated carbocycles. The van der Waals surface area contributed by atoms with E-state index in [0.717, 1.165) is 13.1 Å². The number of amides is 2. The molecule has 2 amide bonds. The lowest BCUT2D eigenvalue weighted by atomic mass is 10.0.